The van der Waals surface area contributed by atoms with E-state index in [2.05, 4.69) is 13.8 Å². The van der Waals surface area contributed by atoms with Crippen LogP contribution in [0.2, 0.25) is 0 Å². The van der Waals surface area contributed by atoms with Gasteiger partial charge in [0.05, 0.1) is 0 Å². The molecule has 0 aliphatic carbocycles. The third kappa shape index (κ3) is 10.0. The van der Waals surface area contributed by atoms with Crippen LogP contribution in [0.3, 0.4) is 0 Å². The Morgan fingerprint density at radius 3 is 1.63 bits per heavy atom. The molecule has 1 aromatic rings. The van der Waals surface area contributed by atoms with Gasteiger partial charge in [0.1, 0.15) is 15.9 Å². The van der Waals surface area contributed by atoms with Gasteiger partial charge in [-0.1, -0.05) is 90.3 Å². The molecule has 0 heterocycles. The summed E-state index contributed by atoms with van der Waals surface area (Å²) in [6.07, 6.45) is 13.5. The molecule has 0 radical (unpaired) electrons. The molecule has 0 fully saturated rings. The van der Waals surface area contributed by atoms with E-state index in [1.165, 1.54) is 45.4 Å². The van der Waals surface area contributed by atoms with Crippen LogP contribution in [0.4, 0.5) is 0 Å². The third-order valence-electron chi connectivity index (χ3n) is 5.77. The molecule has 0 bridgehead atoms. The molecule has 168 valence electrons. The standard InChI is InChI=1S/C24H42O4S.Na/c1-5-8-10-12-14-17-21-19-16-20-22(18-15-13-11-9-6-2)23(21)28-24(4,7-3)29(25,26)27;/h16,19-20H,5-15,17-18H2,1-4H3,(H,25,26,27);/q;+1/p-1. The number of unbranched alkanes of at least 4 members (excludes halogenated alkanes) is 8. The fraction of sp³-hybridized carbons (Fsp3) is 0.750. The van der Waals surface area contributed by atoms with Gasteiger partial charge >= 0.3 is 29.6 Å². The third-order valence-corrected chi connectivity index (χ3v) is 7.20. The molecular formula is C24H41NaO4S. The number of rotatable bonds is 16. The van der Waals surface area contributed by atoms with Gasteiger partial charge in [0.25, 0.3) is 0 Å². The Morgan fingerprint density at radius 1 is 0.833 bits per heavy atom. The maximum atomic E-state index is 11.9. The number of para-hydroxylation sites is 1. The maximum absolute atomic E-state index is 11.9. The largest absolute Gasteiger partial charge is 1.00 e. The van der Waals surface area contributed by atoms with E-state index in [1.54, 1.807) is 6.92 Å². The van der Waals surface area contributed by atoms with E-state index in [4.69, 9.17) is 4.74 Å². The first kappa shape index (κ1) is 29.9. The number of ether oxygens (including phenoxy) is 1. The molecule has 0 aromatic heterocycles. The molecule has 0 aliphatic rings. The van der Waals surface area contributed by atoms with Crippen LogP contribution in [0.25, 0.3) is 0 Å². The second-order valence-electron chi connectivity index (χ2n) is 8.28. The average molecular weight is 449 g/mol. The van der Waals surface area contributed by atoms with Crippen LogP contribution in [-0.4, -0.2) is 17.9 Å². The summed E-state index contributed by atoms with van der Waals surface area (Å²) in [4.78, 5) is -1.73. The Bertz CT molecular complexity index is 658. The fourth-order valence-corrected chi connectivity index (χ4v) is 4.06. The Hall–Kier alpha value is -0.0700. The number of benzene rings is 1. The van der Waals surface area contributed by atoms with Crippen molar-refractivity contribution >= 4 is 10.1 Å². The SMILES string of the molecule is CCCCCCCc1cccc(CCCCCCC)c1OC(C)(CC)S(=O)(=O)[O-].[Na+]. The van der Waals surface area contributed by atoms with Gasteiger partial charge in [0.15, 0.2) is 4.93 Å². The Kier molecular flexibility index (Phi) is 15.6. The van der Waals surface area contributed by atoms with Gasteiger partial charge < -0.3 is 9.29 Å². The van der Waals surface area contributed by atoms with Crippen LogP contribution in [0.5, 0.6) is 5.75 Å². The summed E-state index contributed by atoms with van der Waals surface area (Å²) in [5.74, 6) is 0.627. The smallest absolute Gasteiger partial charge is 0.745 e. The van der Waals surface area contributed by atoms with Gasteiger partial charge in [-0.3, -0.25) is 0 Å². The quantitative estimate of drug-likeness (QED) is 0.219. The molecule has 0 amide bonds. The van der Waals surface area contributed by atoms with Gasteiger partial charge in [0, 0.05) is 0 Å². The minimum atomic E-state index is -4.58. The predicted molar refractivity (Wildman–Crippen MR) is 120 cm³/mol. The molecular weight excluding hydrogens is 407 g/mol. The molecule has 0 saturated carbocycles. The summed E-state index contributed by atoms with van der Waals surface area (Å²) in [6, 6.07) is 6.07. The average Bonchev–Trinajstić information content (AvgIpc) is 2.68. The summed E-state index contributed by atoms with van der Waals surface area (Å²) in [7, 11) is -4.58. The van der Waals surface area contributed by atoms with Crippen molar-refractivity contribution in [3.05, 3.63) is 29.3 Å². The maximum Gasteiger partial charge on any atom is 1.00 e. The minimum absolute atomic E-state index is 0. The van der Waals surface area contributed by atoms with Crippen molar-refractivity contribution in [2.45, 2.75) is 116 Å². The van der Waals surface area contributed by atoms with Crippen LogP contribution >= 0.6 is 0 Å². The Labute approximate surface area is 207 Å². The van der Waals surface area contributed by atoms with Crippen molar-refractivity contribution in [2.24, 2.45) is 0 Å². The van der Waals surface area contributed by atoms with Crippen molar-refractivity contribution in [1.29, 1.82) is 0 Å². The Balaban J connectivity index is 0.00000841. The van der Waals surface area contributed by atoms with E-state index >= 15 is 0 Å². The van der Waals surface area contributed by atoms with Crippen molar-refractivity contribution in [1.82, 2.24) is 0 Å². The molecule has 1 unspecified atom stereocenters. The molecule has 0 spiro atoms. The zero-order valence-corrected chi connectivity index (χ0v) is 22.8. The van der Waals surface area contributed by atoms with Gasteiger partial charge in [0.2, 0.25) is 0 Å². The fourth-order valence-electron chi connectivity index (χ4n) is 3.52. The number of aryl methyl sites for hydroxylation is 2. The second kappa shape index (κ2) is 15.7. The summed E-state index contributed by atoms with van der Waals surface area (Å²) in [5.41, 5.74) is 2.05. The summed E-state index contributed by atoms with van der Waals surface area (Å²) >= 11 is 0. The van der Waals surface area contributed by atoms with Crippen molar-refractivity contribution in [2.75, 3.05) is 0 Å². The summed E-state index contributed by atoms with van der Waals surface area (Å²) < 4.78 is 41.7. The van der Waals surface area contributed by atoms with E-state index in [0.29, 0.717) is 5.75 Å². The zero-order chi connectivity index (χ0) is 21.8. The molecule has 4 nitrogen and oxygen atoms in total. The predicted octanol–water partition coefficient (Wildman–Crippen LogP) is 3.77. The van der Waals surface area contributed by atoms with Crippen LogP contribution in [0, 0.1) is 0 Å². The number of hydrogen-bond donors (Lipinski definition) is 0. The van der Waals surface area contributed by atoms with Gasteiger partial charge in [-0.2, -0.15) is 0 Å². The summed E-state index contributed by atoms with van der Waals surface area (Å²) in [6.45, 7) is 7.49. The first-order chi connectivity index (χ1) is 13.8. The van der Waals surface area contributed by atoms with Crippen LogP contribution in [0.15, 0.2) is 18.2 Å². The van der Waals surface area contributed by atoms with E-state index in [-0.39, 0.29) is 36.0 Å². The molecule has 1 rings (SSSR count). The van der Waals surface area contributed by atoms with E-state index < -0.39 is 15.1 Å². The molecule has 1 atom stereocenters. The topological polar surface area (TPSA) is 66.4 Å². The van der Waals surface area contributed by atoms with Gasteiger partial charge in [-0.05, 0) is 50.2 Å². The van der Waals surface area contributed by atoms with Gasteiger partial charge in [-0.25, -0.2) is 8.42 Å². The molecule has 0 saturated heterocycles. The first-order valence-corrected chi connectivity index (χ1v) is 12.9. The van der Waals surface area contributed by atoms with Gasteiger partial charge in [-0.15, -0.1) is 0 Å². The Morgan fingerprint density at radius 2 is 1.27 bits per heavy atom. The summed E-state index contributed by atoms with van der Waals surface area (Å²) in [5, 5.41) is 0. The molecule has 1 aromatic carbocycles. The van der Waals surface area contributed by atoms with Crippen LogP contribution in [-0.2, 0) is 23.0 Å². The minimum Gasteiger partial charge on any atom is -0.745 e. The second-order valence-corrected chi connectivity index (χ2v) is 10.0. The van der Waals surface area contributed by atoms with Crippen LogP contribution < -0.4 is 34.3 Å². The molecule has 0 aliphatic heterocycles. The van der Waals surface area contributed by atoms with Crippen LogP contribution in [0.1, 0.15) is 109 Å². The van der Waals surface area contributed by atoms with Crippen molar-refractivity contribution in [3.63, 3.8) is 0 Å². The van der Waals surface area contributed by atoms with Crippen molar-refractivity contribution in [3.8, 4) is 5.75 Å². The zero-order valence-electron chi connectivity index (χ0n) is 20.0. The normalized spacial score (nSPS) is 13.5. The number of hydrogen-bond acceptors (Lipinski definition) is 4. The molecule has 30 heavy (non-hydrogen) atoms. The van der Waals surface area contributed by atoms with E-state index in [1.807, 2.05) is 18.2 Å². The monoisotopic (exact) mass is 448 g/mol. The van der Waals surface area contributed by atoms with Crippen molar-refractivity contribution < 1.29 is 47.3 Å². The molecule has 6 heteroatoms. The van der Waals surface area contributed by atoms with E-state index in [9.17, 15) is 13.0 Å². The first-order valence-electron chi connectivity index (χ1n) is 11.5. The molecule has 0 N–H and O–H groups in total. The van der Waals surface area contributed by atoms with E-state index in [0.717, 1.165) is 49.7 Å².